The zero-order valence-electron chi connectivity index (χ0n) is 8.05. The van der Waals surface area contributed by atoms with Gasteiger partial charge in [-0.05, 0) is 28.1 Å². The Morgan fingerprint density at radius 2 is 1.94 bits per heavy atom. The van der Waals surface area contributed by atoms with Gasteiger partial charge in [0.1, 0.15) is 5.82 Å². The van der Waals surface area contributed by atoms with E-state index in [0.717, 1.165) is 12.1 Å². The van der Waals surface area contributed by atoms with E-state index >= 15 is 0 Å². The third-order valence-corrected chi connectivity index (χ3v) is 2.60. The van der Waals surface area contributed by atoms with Crippen molar-refractivity contribution in [1.82, 2.24) is 0 Å². The van der Waals surface area contributed by atoms with Gasteiger partial charge in [-0.3, -0.25) is 0 Å². The molecule has 0 bridgehead atoms. The fourth-order valence-corrected chi connectivity index (χ4v) is 1.66. The van der Waals surface area contributed by atoms with Crippen LogP contribution in [0.5, 0.6) is 0 Å². The van der Waals surface area contributed by atoms with Crippen LogP contribution in [0, 0.1) is 5.82 Å². The summed E-state index contributed by atoms with van der Waals surface area (Å²) in [5, 5.41) is 8.32. The Morgan fingerprint density at radius 3 is 2.41 bits per heavy atom. The number of aliphatic carboxylic acids is 1. The second-order valence-corrected chi connectivity index (χ2v) is 3.79. The zero-order valence-corrected chi connectivity index (χ0v) is 9.64. The number of hydrogen-bond acceptors (Lipinski definition) is 1. The Hall–Kier alpha value is -1.37. The first kappa shape index (κ1) is 13.7. The van der Waals surface area contributed by atoms with Gasteiger partial charge in [0, 0.05) is 11.6 Å². The van der Waals surface area contributed by atoms with Crippen LogP contribution >= 0.6 is 15.9 Å². The summed E-state index contributed by atoms with van der Waals surface area (Å²) in [5.74, 6) is -2.47. The van der Waals surface area contributed by atoms with Gasteiger partial charge in [-0.1, -0.05) is 6.07 Å². The molecule has 0 radical (unpaired) electrons. The molecule has 0 aliphatic carbocycles. The molecule has 0 heterocycles. The van der Waals surface area contributed by atoms with E-state index in [1.54, 1.807) is 0 Å². The van der Waals surface area contributed by atoms with Crippen molar-refractivity contribution in [2.45, 2.75) is 6.18 Å². The van der Waals surface area contributed by atoms with Crippen molar-refractivity contribution in [3.8, 4) is 0 Å². The van der Waals surface area contributed by atoms with Crippen LogP contribution in [-0.4, -0.2) is 11.1 Å². The lowest BCUT2D eigenvalue weighted by Crippen LogP contribution is -2.07. The number of benzene rings is 1. The van der Waals surface area contributed by atoms with E-state index in [1.165, 1.54) is 0 Å². The summed E-state index contributed by atoms with van der Waals surface area (Å²) in [6, 6.07) is 1.54. The topological polar surface area (TPSA) is 37.3 Å². The molecule has 2 nitrogen and oxygen atoms in total. The number of carbonyl (C=O) groups is 1. The van der Waals surface area contributed by atoms with Gasteiger partial charge in [-0.2, -0.15) is 13.2 Å². The van der Waals surface area contributed by atoms with Gasteiger partial charge in [-0.15, -0.1) is 0 Å². The molecule has 0 spiro atoms. The minimum Gasteiger partial charge on any atom is -0.478 e. The molecule has 0 saturated heterocycles. The zero-order chi connectivity index (χ0) is 13.2. The van der Waals surface area contributed by atoms with Crippen molar-refractivity contribution in [1.29, 1.82) is 0 Å². The lowest BCUT2D eigenvalue weighted by atomic mass is 10.1. The van der Waals surface area contributed by atoms with Gasteiger partial charge < -0.3 is 5.11 Å². The predicted molar refractivity (Wildman–Crippen MR) is 55.8 cm³/mol. The highest BCUT2D eigenvalue weighted by Gasteiger charge is 2.34. The first-order chi connectivity index (χ1) is 7.73. The Kier molecular flexibility index (Phi) is 3.92. The minimum atomic E-state index is -4.67. The van der Waals surface area contributed by atoms with Crippen molar-refractivity contribution in [2.75, 3.05) is 0 Å². The molecule has 0 atom stereocenters. The van der Waals surface area contributed by atoms with Crippen molar-refractivity contribution < 1.29 is 27.5 Å². The third-order valence-electron chi connectivity index (χ3n) is 1.82. The average Bonchev–Trinajstić information content (AvgIpc) is 2.18. The highest BCUT2D eigenvalue weighted by atomic mass is 79.9. The summed E-state index contributed by atoms with van der Waals surface area (Å²) in [5.41, 5.74) is -1.39. The SMILES string of the molecule is O=C(O)/C=C/c1ccc(C(F)(F)F)c(Br)c1F. The summed E-state index contributed by atoms with van der Waals surface area (Å²) < 4.78 is 49.8. The Morgan fingerprint density at radius 1 is 1.35 bits per heavy atom. The molecule has 1 aromatic carbocycles. The van der Waals surface area contributed by atoms with Crippen molar-refractivity contribution in [2.24, 2.45) is 0 Å². The maximum absolute atomic E-state index is 13.5. The lowest BCUT2D eigenvalue weighted by Gasteiger charge is -2.10. The number of halogens is 5. The molecule has 17 heavy (non-hydrogen) atoms. The second kappa shape index (κ2) is 4.87. The molecule has 0 unspecified atom stereocenters. The third kappa shape index (κ3) is 3.29. The number of rotatable bonds is 2. The van der Waals surface area contributed by atoms with Crippen LogP contribution < -0.4 is 0 Å². The maximum Gasteiger partial charge on any atom is 0.417 e. The van der Waals surface area contributed by atoms with Crippen molar-refractivity contribution in [3.05, 3.63) is 39.6 Å². The number of carboxylic acids is 1. The highest BCUT2D eigenvalue weighted by molar-refractivity contribution is 9.10. The van der Waals surface area contributed by atoms with Crippen LogP contribution in [0.4, 0.5) is 17.6 Å². The molecule has 1 aromatic rings. The van der Waals surface area contributed by atoms with Crippen LogP contribution in [0.2, 0.25) is 0 Å². The summed E-state index contributed by atoms with van der Waals surface area (Å²) in [7, 11) is 0. The first-order valence-corrected chi connectivity index (χ1v) is 4.99. The van der Waals surface area contributed by atoms with E-state index in [4.69, 9.17) is 5.11 Å². The number of carboxylic acid groups (broad SMARTS) is 1. The van der Waals surface area contributed by atoms with E-state index in [0.29, 0.717) is 12.1 Å². The fraction of sp³-hybridized carbons (Fsp3) is 0.100. The smallest absolute Gasteiger partial charge is 0.417 e. The van der Waals surface area contributed by atoms with Crippen LogP contribution in [0.1, 0.15) is 11.1 Å². The molecule has 1 N–H and O–H groups in total. The van der Waals surface area contributed by atoms with Crippen molar-refractivity contribution >= 4 is 28.0 Å². The molecular formula is C10H5BrF4O2. The van der Waals surface area contributed by atoms with E-state index in [9.17, 15) is 22.4 Å². The minimum absolute atomic E-state index is 0.243. The van der Waals surface area contributed by atoms with E-state index in [-0.39, 0.29) is 5.56 Å². The molecule has 0 amide bonds. The van der Waals surface area contributed by atoms with Crippen LogP contribution in [0.25, 0.3) is 6.08 Å². The van der Waals surface area contributed by atoms with Crippen LogP contribution in [0.3, 0.4) is 0 Å². The Balaban J connectivity index is 3.25. The summed E-state index contributed by atoms with van der Waals surface area (Å²) in [6.07, 6.45) is -3.16. The van der Waals surface area contributed by atoms with Gasteiger partial charge in [0.15, 0.2) is 0 Å². The first-order valence-electron chi connectivity index (χ1n) is 4.19. The molecule has 0 saturated carbocycles. The number of alkyl halides is 3. The summed E-state index contributed by atoms with van der Waals surface area (Å²) in [4.78, 5) is 10.2. The molecule has 1 rings (SSSR count). The molecule has 0 aliphatic rings. The summed E-state index contributed by atoms with van der Waals surface area (Å²) >= 11 is 2.50. The van der Waals surface area contributed by atoms with Gasteiger partial charge in [0.2, 0.25) is 0 Å². The van der Waals surface area contributed by atoms with E-state index in [2.05, 4.69) is 15.9 Å². The largest absolute Gasteiger partial charge is 0.478 e. The maximum atomic E-state index is 13.5. The van der Waals surface area contributed by atoms with Gasteiger partial charge in [-0.25, -0.2) is 9.18 Å². The van der Waals surface area contributed by atoms with Crippen LogP contribution in [0.15, 0.2) is 22.7 Å². The van der Waals surface area contributed by atoms with E-state index < -0.39 is 28.0 Å². The van der Waals surface area contributed by atoms with Gasteiger partial charge in [0.25, 0.3) is 0 Å². The Bertz CT molecular complexity index is 480. The van der Waals surface area contributed by atoms with E-state index in [1.807, 2.05) is 0 Å². The molecule has 7 heteroatoms. The number of hydrogen-bond donors (Lipinski definition) is 1. The van der Waals surface area contributed by atoms with Gasteiger partial charge in [0.05, 0.1) is 10.0 Å². The predicted octanol–water partition coefficient (Wildman–Crippen LogP) is 3.70. The molecule has 92 valence electrons. The Labute approximate surface area is 102 Å². The van der Waals surface area contributed by atoms with Gasteiger partial charge >= 0.3 is 12.1 Å². The lowest BCUT2D eigenvalue weighted by molar-refractivity contribution is -0.138. The van der Waals surface area contributed by atoms with Crippen LogP contribution in [-0.2, 0) is 11.0 Å². The molecule has 0 fully saturated rings. The van der Waals surface area contributed by atoms with Crippen molar-refractivity contribution in [3.63, 3.8) is 0 Å². The normalized spacial score (nSPS) is 12.1. The molecule has 0 aliphatic heterocycles. The molecule has 0 aromatic heterocycles. The monoisotopic (exact) mass is 312 g/mol. The highest BCUT2D eigenvalue weighted by Crippen LogP contribution is 2.37. The average molecular weight is 313 g/mol. The molecular weight excluding hydrogens is 308 g/mol. The second-order valence-electron chi connectivity index (χ2n) is 3.00. The standard InChI is InChI=1S/C10H5BrF4O2/c11-8-6(10(13,14)15)3-1-5(9(8)12)2-4-7(16)17/h1-4H,(H,16,17)/b4-2+. The fourth-order valence-electron chi connectivity index (χ4n) is 1.07. The quantitative estimate of drug-likeness (QED) is 0.668. The summed E-state index contributed by atoms with van der Waals surface area (Å²) in [6.45, 7) is 0.